The van der Waals surface area contributed by atoms with Crippen molar-refractivity contribution < 1.29 is 4.79 Å². The van der Waals surface area contributed by atoms with Crippen LogP contribution in [-0.4, -0.2) is 11.9 Å². The molecule has 0 radical (unpaired) electrons. The fourth-order valence-electron chi connectivity index (χ4n) is 2.47. The van der Waals surface area contributed by atoms with Crippen LogP contribution in [-0.2, 0) is 4.79 Å². The highest BCUT2D eigenvalue weighted by molar-refractivity contribution is 5.76. The van der Waals surface area contributed by atoms with Gasteiger partial charge in [-0.15, -0.1) is 0 Å². The molecule has 0 aromatic carbocycles. The summed E-state index contributed by atoms with van der Waals surface area (Å²) < 4.78 is 0. The van der Waals surface area contributed by atoms with Crippen LogP contribution in [0.4, 0.5) is 0 Å². The maximum Gasteiger partial charge on any atom is 0.220 e. The van der Waals surface area contributed by atoms with E-state index < -0.39 is 0 Å². The number of hydrogen-bond donors (Lipinski definition) is 1. The van der Waals surface area contributed by atoms with Gasteiger partial charge in [0.15, 0.2) is 0 Å². The molecule has 1 aliphatic carbocycles. The van der Waals surface area contributed by atoms with Crippen LogP contribution in [0, 0.1) is 17.2 Å². The van der Waals surface area contributed by atoms with Gasteiger partial charge in [-0.3, -0.25) is 4.79 Å². The minimum Gasteiger partial charge on any atom is -0.353 e. The highest BCUT2D eigenvalue weighted by Gasteiger charge is 2.16. The minimum absolute atomic E-state index is 0.0529. The first kappa shape index (κ1) is 14.0. The molecule has 0 aromatic rings. The van der Waals surface area contributed by atoms with Crippen LogP contribution in [0.2, 0.25) is 0 Å². The molecule has 1 amide bonds. The van der Waals surface area contributed by atoms with Gasteiger partial charge in [0.25, 0.3) is 0 Å². The van der Waals surface area contributed by atoms with E-state index in [1.807, 2.05) is 0 Å². The van der Waals surface area contributed by atoms with E-state index in [1.54, 1.807) is 0 Å². The van der Waals surface area contributed by atoms with Crippen molar-refractivity contribution in [1.82, 2.24) is 5.32 Å². The molecule has 0 aliphatic heterocycles. The Morgan fingerprint density at radius 3 is 2.65 bits per heavy atom. The zero-order valence-corrected chi connectivity index (χ0v) is 10.9. The summed E-state index contributed by atoms with van der Waals surface area (Å²) in [7, 11) is 0. The van der Waals surface area contributed by atoms with E-state index >= 15 is 0 Å². The van der Waals surface area contributed by atoms with Gasteiger partial charge < -0.3 is 5.32 Å². The van der Waals surface area contributed by atoms with Gasteiger partial charge in [-0.2, -0.15) is 5.26 Å². The summed E-state index contributed by atoms with van der Waals surface area (Å²) >= 11 is 0. The Balaban J connectivity index is 2.17. The zero-order valence-electron chi connectivity index (χ0n) is 10.9. The lowest BCUT2D eigenvalue weighted by atomic mass is 9.95. The predicted molar refractivity (Wildman–Crippen MR) is 68.3 cm³/mol. The number of nitriles is 1. The van der Waals surface area contributed by atoms with E-state index in [1.165, 1.54) is 19.3 Å². The summed E-state index contributed by atoms with van der Waals surface area (Å²) in [6, 6.07) is 2.67. The first-order valence-corrected chi connectivity index (χ1v) is 6.95. The number of carbonyl (C=O) groups excluding carboxylic acids is 1. The molecule has 1 rings (SSSR count). The minimum atomic E-state index is 0.0529. The molecule has 1 N–H and O–H groups in total. The second-order valence-electron chi connectivity index (χ2n) is 5.06. The molecule has 1 atom stereocenters. The van der Waals surface area contributed by atoms with Gasteiger partial charge in [0, 0.05) is 18.4 Å². The summed E-state index contributed by atoms with van der Waals surface area (Å²) in [5.41, 5.74) is 0. The third-order valence-electron chi connectivity index (χ3n) is 3.51. The average Bonchev–Trinajstić information content (AvgIpc) is 2.35. The van der Waals surface area contributed by atoms with Crippen molar-refractivity contribution in [2.45, 2.75) is 70.8 Å². The van der Waals surface area contributed by atoms with Gasteiger partial charge in [0.1, 0.15) is 0 Å². The molecule has 3 heteroatoms. The van der Waals surface area contributed by atoms with Crippen molar-refractivity contribution in [2.75, 3.05) is 0 Å². The Morgan fingerprint density at radius 1 is 1.35 bits per heavy atom. The first-order valence-electron chi connectivity index (χ1n) is 6.95. The van der Waals surface area contributed by atoms with Crippen LogP contribution < -0.4 is 5.32 Å². The molecule has 96 valence electrons. The molecule has 1 saturated carbocycles. The van der Waals surface area contributed by atoms with E-state index in [9.17, 15) is 4.79 Å². The highest BCUT2D eigenvalue weighted by Crippen LogP contribution is 2.18. The molecule has 0 bridgehead atoms. The molecule has 1 unspecified atom stereocenters. The third-order valence-corrected chi connectivity index (χ3v) is 3.51. The number of rotatable bonds is 6. The number of nitrogens with zero attached hydrogens (tertiary/aromatic N) is 1. The number of nitrogens with one attached hydrogen (secondary N) is 1. The van der Waals surface area contributed by atoms with Gasteiger partial charge in [0.2, 0.25) is 5.91 Å². The van der Waals surface area contributed by atoms with Crippen molar-refractivity contribution >= 4 is 5.91 Å². The van der Waals surface area contributed by atoms with E-state index in [4.69, 9.17) is 5.26 Å². The Labute approximate surface area is 105 Å². The largest absolute Gasteiger partial charge is 0.353 e. The van der Waals surface area contributed by atoms with Gasteiger partial charge in [0.05, 0.1) is 6.07 Å². The Bertz CT molecular complexity index is 264. The molecule has 0 saturated heterocycles. The Morgan fingerprint density at radius 2 is 2.06 bits per heavy atom. The lowest BCUT2D eigenvalue weighted by Crippen LogP contribution is -2.36. The smallest absolute Gasteiger partial charge is 0.220 e. The van der Waals surface area contributed by atoms with Crippen LogP contribution >= 0.6 is 0 Å². The monoisotopic (exact) mass is 236 g/mol. The number of carbonyl (C=O) groups is 1. The summed E-state index contributed by atoms with van der Waals surface area (Å²) in [4.78, 5) is 11.7. The van der Waals surface area contributed by atoms with Crippen molar-refractivity contribution in [3.63, 3.8) is 0 Å². The standard InChI is InChI=1S/C14H24N2O/c1-2-6-12(11-15)9-10-14(17)16-13-7-4-3-5-8-13/h12-13H,2-10H2,1H3,(H,16,17). The van der Waals surface area contributed by atoms with Gasteiger partial charge in [-0.1, -0.05) is 32.6 Å². The van der Waals surface area contributed by atoms with E-state index in [-0.39, 0.29) is 11.8 Å². The summed E-state index contributed by atoms with van der Waals surface area (Å²) in [5.74, 6) is 0.186. The quantitative estimate of drug-likeness (QED) is 0.770. The number of hydrogen-bond acceptors (Lipinski definition) is 2. The zero-order chi connectivity index (χ0) is 12.5. The third kappa shape index (κ3) is 5.72. The van der Waals surface area contributed by atoms with Crippen molar-refractivity contribution in [2.24, 2.45) is 5.92 Å². The second-order valence-corrected chi connectivity index (χ2v) is 5.06. The SMILES string of the molecule is CCCC(C#N)CCC(=O)NC1CCCCC1. The Hall–Kier alpha value is -1.04. The molecule has 1 fully saturated rings. The van der Waals surface area contributed by atoms with E-state index in [2.05, 4.69) is 18.3 Å². The molecular weight excluding hydrogens is 212 g/mol. The Kier molecular flexibility index (Phi) is 6.69. The maximum atomic E-state index is 11.7. The van der Waals surface area contributed by atoms with Gasteiger partial charge in [-0.05, 0) is 25.7 Å². The van der Waals surface area contributed by atoms with Crippen LogP contribution in [0.5, 0.6) is 0 Å². The van der Waals surface area contributed by atoms with Crippen LogP contribution in [0.1, 0.15) is 64.7 Å². The fourth-order valence-corrected chi connectivity index (χ4v) is 2.47. The number of amides is 1. The van der Waals surface area contributed by atoms with Crippen molar-refractivity contribution in [3.8, 4) is 6.07 Å². The lowest BCUT2D eigenvalue weighted by Gasteiger charge is -2.22. The van der Waals surface area contributed by atoms with Gasteiger partial charge in [-0.25, -0.2) is 0 Å². The normalized spacial score (nSPS) is 18.4. The van der Waals surface area contributed by atoms with Crippen LogP contribution in [0.3, 0.4) is 0 Å². The molecule has 0 spiro atoms. The van der Waals surface area contributed by atoms with Crippen LogP contribution in [0.25, 0.3) is 0 Å². The molecule has 17 heavy (non-hydrogen) atoms. The summed E-state index contributed by atoms with van der Waals surface area (Å²) in [6.45, 7) is 2.08. The maximum absolute atomic E-state index is 11.7. The molecule has 0 aromatic heterocycles. The first-order chi connectivity index (χ1) is 8.26. The van der Waals surface area contributed by atoms with E-state index in [0.29, 0.717) is 18.9 Å². The fraction of sp³-hybridized carbons (Fsp3) is 0.857. The molecule has 1 aliphatic rings. The van der Waals surface area contributed by atoms with Crippen molar-refractivity contribution in [3.05, 3.63) is 0 Å². The van der Waals surface area contributed by atoms with E-state index in [0.717, 1.165) is 25.7 Å². The average molecular weight is 236 g/mol. The topological polar surface area (TPSA) is 52.9 Å². The summed E-state index contributed by atoms with van der Waals surface area (Å²) in [6.07, 6.45) is 9.18. The molecule has 3 nitrogen and oxygen atoms in total. The molecule has 0 heterocycles. The lowest BCUT2D eigenvalue weighted by molar-refractivity contribution is -0.122. The predicted octanol–water partition coefficient (Wildman–Crippen LogP) is 3.16. The van der Waals surface area contributed by atoms with Crippen molar-refractivity contribution in [1.29, 1.82) is 5.26 Å². The van der Waals surface area contributed by atoms with Gasteiger partial charge >= 0.3 is 0 Å². The summed E-state index contributed by atoms with van der Waals surface area (Å²) in [5, 5.41) is 12.0. The molecular formula is C14H24N2O. The van der Waals surface area contributed by atoms with Crippen LogP contribution in [0.15, 0.2) is 0 Å². The second kappa shape index (κ2) is 8.11. The highest BCUT2D eigenvalue weighted by atomic mass is 16.1.